The lowest BCUT2D eigenvalue weighted by atomic mass is 9.99. The van der Waals surface area contributed by atoms with Crippen molar-refractivity contribution in [3.63, 3.8) is 0 Å². The predicted molar refractivity (Wildman–Crippen MR) is 87.4 cm³/mol. The smallest absolute Gasteiger partial charge is 0.325 e. The van der Waals surface area contributed by atoms with E-state index < -0.39 is 12.0 Å². The molecule has 7 heteroatoms. The summed E-state index contributed by atoms with van der Waals surface area (Å²) < 4.78 is 10.5. The van der Waals surface area contributed by atoms with Crippen LogP contribution in [-0.4, -0.2) is 46.9 Å². The van der Waals surface area contributed by atoms with Crippen LogP contribution in [0.1, 0.15) is 28.6 Å². The number of hydrogen-bond donors (Lipinski definition) is 2. The van der Waals surface area contributed by atoms with Crippen LogP contribution in [0.15, 0.2) is 18.2 Å². The molecule has 1 atom stereocenters. The zero-order valence-electron chi connectivity index (χ0n) is 14.0. The summed E-state index contributed by atoms with van der Waals surface area (Å²) in [6, 6.07) is 4.50. The lowest BCUT2D eigenvalue weighted by Crippen LogP contribution is -2.38. The minimum atomic E-state index is -0.883. The fourth-order valence-electron chi connectivity index (χ4n) is 3.20. The van der Waals surface area contributed by atoms with E-state index in [-0.39, 0.29) is 0 Å². The Kier molecular flexibility index (Phi) is 4.44. The number of H-pyrrole nitrogens is 1. The highest BCUT2D eigenvalue weighted by Crippen LogP contribution is 2.34. The molecule has 0 saturated heterocycles. The van der Waals surface area contributed by atoms with E-state index in [1.54, 1.807) is 32.4 Å². The molecule has 0 amide bonds. The summed E-state index contributed by atoms with van der Waals surface area (Å²) in [4.78, 5) is 13.9. The molecular weight excluding hydrogens is 310 g/mol. The van der Waals surface area contributed by atoms with Gasteiger partial charge in [0, 0.05) is 30.8 Å². The van der Waals surface area contributed by atoms with Crippen molar-refractivity contribution in [1.82, 2.24) is 15.1 Å². The largest absolute Gasteiger partial charge is 0.493 e. The number of nitrogens with one attached hydrogen (secondary N) is 1. The van der Waals surface area contributed by atoms with Gasteiger partial charge in [-0.25, -0.2) is 0 Å². The number of rotatable bonds is 5. The third-order valence-electron chi connectivity index (χ3n) is 4.48. The minimum absolute atomic E-state index is 0.526. The monoisotopic (exact) mass is 331 g/mol. The Labute approximate surface area is 140 Å². The van der Waals surface area contributed by atoms with Crippen LogP contribution in [0.25, 0.3) is 0 Å². The number of ether oxygens (including phenoxy) is 2. The van der Waals surface area contributed by atoms with Crippen LogP contribution in [-0.2, 0) is 17.8 Å². The summed E-state index contributed by atoms with van der Waals surface area (Å²) >= 11 is 0. The van der Waals surface area contributed by atoms with Gasteiger partial charge < -0.3 is 14.6 Å². The third-order valence-corrected chi connectivity index (χ3v) is 4.48. The quantitative estimate of drug-likeness (QED) is 0.870. The highest BCUT2D eigenvalue weighted by molar-refractivity contribution is 5.76. The van der Waals surface area contributed by atoms with E-state index in [1.165, 1.54) is 0 Å². The first kappa shape index (κ1) is 16.3. The average molecular weight is 331 g/mol. The molecule has 0 saturated carbocycles. The fraction of sp³-hybridized carbons (Fsp3) is 0.412. The number of carboxylic acids is 1. The summed E-state index contributed by atoms with van der Waals surface area (Å²) in [7, 11) is 3.10. The Morgan fingerprint density at radius 2 is 2.08 bits per heavy atom. The van der Waals surface area contributed by atoms with Gasteiger partial charge in [-0.05, 0) is 24.6 Å². The second-order valence-electron chi connectivity index (χ2n) is 5.85. The number of methoxy groups -OCH3 is 2. The Bertz CT molecular complexity index is 756. The summed E-state index contributed by atoms with van der Waals surface area (Å²) in [5.74, 6) is 0.224. The number of fused-ring (bicyclic) bond motifs is 1. The van der Waals surface area contributed by atoms with Gasteiger partial charge in [0.1, 0.15) is 6.04 Å². The fourth-order valence-corrected chi connectivity index (χ4v) is 3.20. The van der Waals surface area contributed by atoms with Crippen molar-refractivity contribution in [1.29, 1.82) is 0 Å². The van der Waals surface area contributed by atoms with E-state index in [0.717, 1.165) is 23.4 Å². The SMILES string of the molecule is COc1ccc(C(C(=O)O)N2CCc3n[nH]c(C)c3C2)cc1OC. The first-order chi connectivity index (χ1) is 11.5. The maximum atomic E-state index is 12.0. The van der Waals surface area contributed by atoms with Crippen LogP contribution < -0.4 is 9.47 Å². The lowest BCUT2D eigenvalue weighted by Gasteiger charge is -2.32. The van der Waals surface area contributed by atoms with E-state index in [0.29, 0.717) is 30.2 Å². The zero-order chi connectivity index (χ0) is 17.3. The van der Waals surface area contributed by atoms with Gasteiger partial charge in [-0.1, -0.05) is 6.07 Å². The first-order valence-electron chi connectivity index (χ1n) is 7.76. The molecule has 0 radical (unpaired) electrons. The number of carbonyl (C=O) groups is 1. The molecule has 0 spiro atoms. The number of aliphatic carboxylic acids is 1. The van der Waals surface area contributed by atoms with Crippen molar-refractivity contribution >= 4 is 5.97 Å². The minimum Gasteiger partial charge on any atom is -0.493 e. The van der Waals surface area contributed by atoms with Gasteiger partial charge in [0.25, 0.3) is 0 Å². The number of aryl methyl sites for hydroxylation is 1. The van der Waals surface area contributed by atoms with Crippen LogP contribution in [0, 0.1) is 6.92 Å². The highest BCUT2D eigenvalue weighted by atomic mass is 16.5. The topological polar surface area (TPSA) is 87.7 Å². The lowest BCUT2D eigenvalue weighted by molar-refractivity contribution is -0.144. The second kappa shape index (κ2) is 6.52. The molecule has 24 heavy (non-hydrogen) atoms. The van der Waals surface area contributed by atoms with Crippen molar-refractivity contribution in [2.24, 2.45) is 0 Å². The van der Waals surface area contributed by atoms with Gasteiger partial charge in [-0.3, -0.25) is 14.8 Å². The Morgan fingerprint density at radius 3 is 2.75 bits per heavy atom. The van der Waals surface area contributed by atoms with E-state index in [2.05, 4.69) is 10.2 Å². The summed E-state index contributed by atoms with van der Waals surface area (Å²) in [6.45, 7) is 3.16. The van der Waals surface area contributed by atoms with Crippen molar-refractivity contribution < 1.29 is 19.4 Å². The van der Waals surface area contributed by atoms with Gasteiger partial charge in [0.15, 0.2) is 11.5 Å². The second-order valence-corrected chi connectivity index (χ2v) is 5.85. The number of carboxylic acid groups (broad SMARTS) is 1. The van der Waals surface area contributed by atoms with Crippen LogP contribution in [0.3, 0.4) is 0 Å². The number of aromatic amines is 1. The molecule has 1 aliphatic heterocycles. The Morgan fingerprint density at radius 1 is 1.33 bits per heavy atom. The van der Waals surface area contributed by atoms with Gasteiger partial charge in [-0.15, -0.1) is 0 Å². The molecule has 1 unspecified atom stereocenters. The Balaban J connectivity index is 1.94. The van der Waals surface area contributed by atoms with Crippen LogP contribution >= 0.6 is 0 Å². The first-order valence-corrected chi connectivity index (χ1v) is 7.76. The number of aromatic nitrogens is 2. The maximum absolute atomic E-state index is 12.0. The van der Waals surface area contributed by atoms with Crippen molar-refractivity contribution in [2.45, 2.75) is 25.9 Å². The van der Waals surface area contributed by atoms with Gasteiger partial charge in [-0.2, -0.15) is 5.10 Å². The van der Waals surface area contributed by atoms with E-state index in [9.17, 15) is 9.90 Å². The highest BCUT2D eigenvalue weighted by Gasteiger charge is 2.32. The molecule has 1 aromatic carbocycles. The molecule has 0 bridgehead atoms. The van der Waals surface area contributed by atoms with Crippen LogP contribution in [0.4, 0.5) is 0 Å². The average Bonchev–Trinajstić information content (AvgIpc) is 2.95. The number of nitrogens with zero attached hydrogens (tertiary/aromatic N) is 2. The molecule has 2 N–H and O–H groups in total. The molecule has 128 valence electrons. The number of hydrogen-bond acceptors (Lipinski definition) is 5. The van der Waals surface area contributed by atoms with Crippen LogP contribution in [0.5, 0.6) is 11.5 Å². The van der Waals surface area contributed by atoms with Gasteiger partial charge >= 0.3 is 5.97 Å². The summed E-state index contributed by atoms with van der Waals surface area (Å²) in [6.07, 6.45) is 0.733. The zero-order valence-corrected chi connectivity index (χ0v) is 14.0. The van der Waals surface area contributed by atoms with Crippen molar-refractivity contribution in [2.75, 3.05) is 20.8 Å². The van der Waals surface area contributed by atoms with Crippen molar-refractivity contribution in [3.8, 4) is 11.5 Å². The third kappa shape index (κ3) is 2.82. The molecule has 3 rings (SSSR count). The molecule has 7 nitrogen and oxygen atoms in total. The molecule has 1 aliphatic rings. The predicted octanol–water partition coefficient (Wildman–Crippen LogP) is 1.92. The Hall–Kier alpha value is -2.54. The van der Waals surface area contributed by atoms with E-state index >= 15 is 0 Å². The number of benzene rings is 1. The molecule has 2 aromatic rings. The molecule has 0 fully saturated rings. The molecule has 1 aromatic heterocycles. The van der Waals surface area contributed by atoms with Crippen LogP contribution in [0.2, 0.25) is 0 Å². The van der Waals surface area contributed by atoms with Gasteiger partial charge in [0.05, 0.1) is 19.9 Å². The maximum Gasteiger partial charge on any atom is 0.325 e. The summed E-state index contributed by atoms with van der Waals surface area (Å²) in [5.41, 5.74) is 3.78. The van der Waals surface area contributed by atoms with Gasteiger partial charge in [0.2, 0.25) is 0 Å². The summed E-state index contributed by atoms with van der Waals surface area (Å²) in [5, 5.41) is 17.1. The normalized spacial score (nSPS) is 15.6. The molecule has 2 heterocycles. The van der Waals surface area contributed by atoms with E-state index in [1.807, 2.05) is 11.8 Å². The van der Waals surface area contributed by atoms with Crippen molar-refractivity contribution in [3.05, 3.63) is 40.7 Å². The van der Waals surface area contributed by atoms with E-state index in [4.69, 9.17) is 9.47 Å². The molecule has 0 aliphatic carbocycles. The molecular formula is C17H21N3O4. The standard InChI is InChI=1S/C17H21N3O4/c1-10-12-9-20(7-6-13(12)19-18-10)16(17(21)22)11-4-5-14(23-2)15(8-11)24-3/h4-5,8,16H,6-7,9H2,1-3H3,(H,18,19)(H,21,22).